The molecular weight excluding hydrogens is 372 g/mol. The average Bonchev–Trinajstić information content (AvgIpc) is 3.37. The van der Waals surface area contributed by atoms with Crippen LogP contribution in [0.1, 0.15) is 17.4 Å². The second-order valence-electron chi connectivity index (χ2n) is 7.08. The minimum atomic E-state index is -0.0763. The largest absolute Gasteiger partial charge is 0.411 e. The molecule has 146 valence electrons. The van der Waals surface area contributed by atoms with Crippen LogP contribution >= 0.6 is 11.8 Å². The van der Waals surface area contributed by atoms with Crippen molar-refractivity contribution in [3.05, 3.63) is 59.7 Å². The highest BCUT2D eigenvalue weighted by atomic mass is 32.2. The van der Waals surface area contributed by atoms with Crippen molar-refractivity contribution in [1.29, 1.82) is 0 Å². The highest BCUT2D eigenvalue weighted by Crippen LogP contribution is 2.28. The molecule has 2 aromatic carbocycles. The van der Waals surface area contributed by atoms with E-state index in [1.165, 1.54) is 23.0 Å². The van der Waals surface area contributed by atoms with Gasteiger partial charge in [-0.05, 0) is 36.8 Å². The van der Waals surface area contributed by atoms with Crippen LogP contribution in [0.5, 0.6) is 0 Å². The van der Waals surface area contributed by atoms with Crippen molar-refractivity contribution in [3.63, 3.8) is 0 Å². The Bertz CT molecular complexity index is 909. The topological polar surface area (TPSA) is 63.4 Å². The molecule has 1 saturated heterocycles. The third-order valence-corrected chi connectivity index (χ3v) is 5.62. The van der Waals surface area contributed by atoms with Crippen LogP contribution in [0.25, 0.3) is 11.5 Å². The van der Waals surface area contributed by atoms with Crippen molar-refractivity contribution in [2.45, 2.75) is 24.5 Å². The van der Waals surface area contributed by atoms with E-state index in [9.17, 15) is 0 Å². The maximum absolute atomic E-state index is 6.14. The Morgan fingerprint density at radius 2 is 1.82 bits per heavy atom. The van der Waals surface area contributed by atoms with Crippen molar-refractivity contribution >= 4 is 17.4 Å². The monoisotopic (exact) mass is 396 g/mol. The molecule has 1 aliphatic rings. The van der Waals surface area contributed by atoms with E-state index in [4.69, 9.17) is 9.15 Å². The average molecular weight is 397 g/mol. The summed E-state index contributed by atoms with van der Waals surface area (Å²) in [6.07, 6.45) is 0.0193. The van der Waals surface area contributed by atoms with Crippen molar-refractivity contribution in [3.8, 4) is 11.5 Å². The van der Waals surface area contributed by atoms with Gasteiger partial charge in [0.1, 0.15) is 6.23 Å². The Labute approximate surface area is 169 Å². The molecule has 7 heteroatoms. The molecule has 28 heavy (non-hydrogen) atoms. The predicted molar refractivity (Wildman–Crippen MR) is 112 cm³/mol. The summed E-state index contributed by atoms with van der Waals surface area (Å²) in [5.74, 6) is 1.31. The minimum absolute atomic E-state index is 0.0763. The lowest BCUT2D eigenvalue weighted by Crippen LogP contribution is -2.16. The van der Waals surface area contributed by atoms with Gasteiger partial charge in [0.05, 0.1) is 6.10 Å². The van der Waals surface area contributed by atoms with E-state index in [0.717, 1.165) is 23.4 Å². The smallest absolute Gasteiger partial charge is 0.276 e. The number of rotatable bonds is 6. The molecule has 1 fully saturated rings. The van der Waals surface area contributed by atoms with E-state index in [1.54, 1.807) is 0 Å². The standard InChI is InChI=1S/C21H24N4O2S/c1-14-4-6-16(7-5-14)20-23-24-21(27-20)28-13-18-12-22-19(26-18)15-8-10-17(11-9-15)25(2)3/h4-11,18-19,22H,12-13H2,1-3H3/t18-,19-/m1/s1. The first-order valence-corrected chi connectivity index (χ1v) is 10.3. The summed E-state index contributed by atoms with van der Waals surface area (Å²) in [6, 6.07) is 16.5. The first-order valence-electron chi connectivity index (χ1n) is 9.28. The number of nitrogens with zero attached hydrogens (tertiary/aromatic N) is 3. The Kier molecular flexibility index (Phi) is 5.66. The molecule has 2 atom stereocenters. The van der Waals surface area contributed by atoms with Gasteiger partial charge in [0.25, 0.3) is 5.22 Å². The maximum atomic E-state index is 6.14. The maximum Gasteiger partial charge on any atom is 0.276 e. The first kappa shape index (κ1) is 19.0. The van der Waals surface area contributed by atoms with Crippen molar-refractivity contribution in [1.82, 2.24) is 15.5 Å². The molecule has 0 saturated carbocycles. The quantitative estimate of drug-likeness (QED) is 0.634. The summed E-state index contributed by atoms with van der Waals surface area (Å²) < 4.78 is 11.9. The molecule has 6 nitrogen and oxygen atoms in total. The van der Waals surface area contributed by atoms with E-state index in [0.29, 0.717) is 11.1 Å². The van der Waals surface area contributed by atoms with Crippen LogP contribution in [0.15, 0.2) is 58.2 Å². The molecule has 2 heterocycles. The molecule has 0 amide bonds. The highest BCUT2D eigenvalue weighted by Gasteiger charge is 2.26. The number of benzene rings is 2. The van der Waals surface area contributed by atoms with Gasteiger partial charge in [-0.15, -0.1) is 10.2 Å². The van der Waals surface area contributed by atoms with Gasteiger partial charge in [-0.3, -0.25) is 5.32 Å². The molecule has 0 radical (unpaired) electrons. The van der Waals surface area contributed by atoms with E-state index in [-0.39, 0.29) is 12.3 Å². The summed E-state index contributed by atoms with van der Waals surface area (Å²) in [4.78, 5) is 2.08. The van der Waals surface area contributed by atoms with E-state index >= 15 is 0 Å². The molecule has 0 aliphatic carbocycles. The Balaban J connectivity index is 1.31. The van der Waals surface area contributed by atoms with Crippen molar-refractivity contribution < 1.29 is 9.15 Å². The first-order chi connectivity index (χ1) is 13.6. The molecular formula is C21H24N4O2S. The van der Waals surface area contributed by atoms with E-state index < -0.39 is 0 Å². The Hall–Kier alpha value is -2.35. The fraction of sp³-hybridized carbons (Fsp3) is 0.333. The van der Waals surface area contributed by atoms with Crippen LogP contribution in [0.4, 0.5) is 5.69 Å². The molecule has 4 rings (SSSR count). The fourth-order valence-electron chi connectivity index (χ4n) is 3.01. The number of nitrogens with one attached hydrogen (secondary N) is 1. The lowest BCUT2D eigenvalue weighted by atomic mass is 10.1. The van der Waals surface area contributed by atoms with Gasteiger partial charge in [0.15, 0.2) is 0 Å². The van der Waals surface area contributed by atoms with E-state index in [1.807, 2.05) is 38.4 Å². The second-order valence-corrected chi connectivity index (χ2v) is 8.05. The highest BCUT2D eigenvalue weighted by molar-refractivity contribution is 7.99. The van der Waals surface area contributed by atoms with Crippen LogP contribution in [0.2, 0.25) is 0 Å². The number of thioether (sulfide) groups is 1. The van der Waals surface area contributed by atoms with Gasteiger partial charge in [-0.2, -0.15) is 0 Å². The zero-order valence-electron chi connectivity index (χ0n) is 16.3. The van der Waals surface area contributed by atoms with Gasteiger partial charge in [-0.1, -0.05) is 41.6 Å². The van der Waals surface area contributed by atoms with Crippen LogP contribution in [-0.4, -0.2) is 42.7 Å². The predicted octanol–water partition coefficient (Wildman–Crippen LogP) is 3.89. The van der Waals surface area contributed by atoms with Gasteiger partial charge in [0.2, 0.25) is 5.89 Å². The fourth-order valence-corrected chi connectivity index (χ4v) is 3.78. The second kappa shape index (κ2) is 8.34. The number of ether oxygens (including phenoxy) is 1. The van der Waals surface area contributed by atoms with Gasteiger partial charge >= 0.3 is 0 Å². The van der Waals surface area contributed by atoms with Crippen LogP contribution in [-0.2, 0) is 4.74 Å². The Morgan fingerprint density at radius 3 is 2.54 bits per heavy atom. The van der Waals surface area contributed by atoms with Gasteiger partial charge in [-0.25, -0.2) is 0 Å². The van der Waals surface area contributed by atoms with Crippen LogP contribution in [0.3, 0.4) is 0 Å². The van der Waals surface area contributed by atoms with Gasteiger partial charge < -0.3 is 14.1 Å². The zero-order chi connectivity index (χ0) is 19.5. The molecule has 0 spiro atoms. The van der Waals surface area contributed by atoms with Crippen molar-refractivity contribution in [2.75, 3.05) is 31.3 Å². The van der Waals surface area contributed by atoms with Gasteiger partial charge in [0, 0.05) is 37.6 Å². The van der Waals surface area contributed by atoms with Crippen LogP contribution in [0, 0.1) is 6.92 Å². The molecule has 1 aromatic heterocycles. The summed E-state index contributed by atoms with van der Waals surface area (Å²) in [5.41, 5.74) is 4.45. The normalized spacial score (nSPS) is 19.1. The molecule has 1 N–H and O–H groups in total. The van der Waals surface area contributed by atoms with E-state index in [2.05, 4.69) is 51.6 Å². The lowest BCUT2D eigenvalue weighted by Gasteiger charge is -2.16. The molecule has 3 aromatic rings. The summed E-state index contributed by atoms with van der Waals surface area (Å²) >= 11 is 1.53. The molecule has 0 unspecified atom stereocenters. The number of hydrogen-bond donors (Lipinski definition) is 1. The lowest BCUT2D eigenvalue weighted by molar-refractivity contribution is 0.0534. The number of anilines is 1. The number of hydrogen-bond acceptors (Lipinski definition) is 7. The third kappa shape index (κ3) is 4.38. The molecule has 0 bridgehead atoms. The summed E-state index contributed by atoms with van der Waals surface area (Å²) in [7, 11) is 4.07. The number of aryl methyl sites for hydroxylation is 1. The SMILES string of the molecule is Cc1ccc(-c2nnc(SC[C@H]3CN[C@@H](c4ccc(N(C)C)cc4)O3)o2)cc1. The molecule has 1 aliphatic heterocycles. The summed E-state index contributed by atoms with van der Waals surface area (Å²) in [6.45, 7) is 2.85. The zero-order valence-corrected chi connectivity index (χ0v) is 17.1. The summed E-state index contributed by atoms with van der Waals surface area (Å²) in [5, 5.41) is 12.3. The van der Waals surface area contributed by atoms with Crippen LogP contribution < -0.4 is 10.2 Å². The number of aromatic nitrogens is 2. The van der Waals surface area contributed by atoms with Crippen molar-refractivity contribution in [2.24, 2.45) is 0 Å². The minimum Gasteiger partial charge on any atom is -0.411 e. The third-order valence-electron chi connectivity index (χ3n) is 4.67. The Morgan fingerprint density at radius 1 is 1.07 bits per heavy atom.